The van der Waals surface area contributed by atoms with Gasteiger partial charge in [0.15, 0.2) is 23.2 Å². The second-order valence-electron chi connectivity index (χ2n) is 8.30. The number of nitrogens with zero attached hydrogens (tertiary/aromatic N) is 5. The minimum Gasteiger partial charge on any atom is -0.487 e. The summed E-state index contributed by atoms with van der Waals surface area (Å²) in [6.45, 7) is 3.91. The SMILES string of the molecule is CC(=O)N1CCc2nc(N3CCC(Oc4ccc(F)cc4F)CC3)c(-c3ncc[nH]3)nc2C1. The van der Waals surface area contributed by atoms with Crippen molar-refractivity contribution >= 4 is 11.7 Å². The molecule has 33 heavy (non-hydrogen) atoms. The number of carbonyl (C=O) groups is 1. The molecule has 1 fully saturated rings. The van der Waals surface area contributed by atoms with Gasteiger partial charge in [-0.05, 0) is 12.1 Å². The minimum atomic E-state index is -0.697. The van der Waals surface area contributed by atoms with E-state index in [0.717, 1.165) is 23.3 Å². The number of benzene rings is 1. The molecule has 8 nitrogen and oxygen atoms in total. The maximum absolute atomic E-state index is 14.0. The van der Waals surface area contributed by atoms with E-state index in [1.165, 1.54) is 12.1 Å². The first-order valence-electron chi connectivity index (χ1n) is 11.0. The van der Waals surface area contributed by atoms with Crippen LogP contribution >= 0.6 is 0 Å². The van der Waals surface area contributed by atoms with Crippen molar-refractivity contribution < 1.29 is 18.3 Å². The van der Waals surface area contributed by atoms with Crippen molar-refractivity contribution in [2.75, 3.05) is 24.5 Å². The fraction of sp³-hybridized carbons (Fsp3) is 0.391. The number of amides is 1. The largest absolute Gasteiger partial charge is 0.487 e. The summed E-state index contributed by atoms with van der Waals surface area (Å²) in [7, 11) is 0. The van der Waals surface area contributed by atoms with Crippen LogP contribution in [0.1, 0.15) is 31.2 Å². The number of hydrogen-bond acceptors (Lipinski definition) is 6. The van der Waals surface area contributed by atoms with Gasteiger partial charge >= 0.3 is 0 Å². The van der Waals surface area contributed by atoms with Crippen LogP contribution in [0.25, 0.3) is 11.5 Å². The second-order valence-corrected chi connectivity index (χ2v) is 8.30. The lowest BCUT2D eigenvalue weighted by Crippen LogP contribution is -2.40. The van der Waals surface area contributed by atoms with Crippen LogP contribution in [0.2, 0.25) is 0 Å². The Labute approximate surface area is 189 Å². The third-order valence-electron chi connectivity index (χ3n) is 6.09. The highest BCUT2D eigenvalue weighted by Crippen LogP contribution is 2.31. The first-order chi connectivity index (χ1) is 16.0. The molecule has 0 saturated carbocycles. The molecular weight excluding hydrogens is 430 g/mol. The number of carbonyl (C=O) groups excluding carboxylic acids is 1. The molecule has 1 saturated heterocycles. The average molecular weight is 454 g/mol. The zero-order valence-corrected chi connectivity index (χ0v) is 18.2. The van der Waals surface area contributed by atoms with Crippen LogP contribution in [0.4, 0.5) is 14.6 Å². The van der Waals surface area contributed by atoms with E-state index in [4.69, 9.17) is 14.7 Å². The molecule has 3 aromatic rings. The normalized spacial score (nSPS) is 16.6. The Kier molecular flexibility index (Phi) is 5.65. The van der Waals surface area contributed by atoms with Gasteiger partial charge < -0.3 is 19.5 Å². The molecule has 10 heteroatoms. The maximum atomic E-state index is 14.0. The quantitative estimate of drug-likeness (QED) is 0.652. The minimum absolute atomic E-state index is 0.0192. The van der Waals surface area contributed by atoms with Gasteiger partial charge in [-0.1, -0.05) is 0 Å². The zero-order chi connectivity index (χ0) is 22.9. The molecule has 0 aliphatic carbocycles. The van der Waals surface area contributed by atoms with Crippen molar-refractivity contribution in [3.8, 4) is 17.3 Å². The maximum Gasteiger partial charge on any atom is 0.219 e. The molecule has 2 aliphatic heterocycles. The van der Waals surface area contributed by atoms with Gasteiger partial charge in [0, 0.05) is 64.3 Å². The number of halogens is 2. The number of ether oxygens (including phenoxy) is 1. The average Bonchev–Trinajstić information content (AvgIpc) is 3.35. The summed E-state index contributed by atoms with van der Waals surface area (Å²) < 4.78 is 32.9. The van der Waals surface area contributed by atoms with Gasteiger partial charge in [0.2, 0.25) is 5.91 Å². The Hall–Kier alpha value is -3.56. The lowest BCUT2D eigenvalue weighted by molar-refractivity contribution is -0.129. The molecule has 0 unspecified atom stereocenters. The van der Waals surface area contributed by atoms with Gasteiger partial charge in [0.05, 0.1) is 17.9 Å². The molecule has 1 amide bonds. The van der Waals surface area contributed by atoms with Crippen LogP contribution in [0.5, 0.6) is 5.75 Å². The van der Waals surface area contributed by atoms with Gasteiger partial charge in [0.25, 0.3) is 0 Å². The Balaban J connectivity index is 1.36. The van der Waals surface area contributed by atoms with Crippen molar-refractivity contribution in [3.05, 3.63) is 53.6 Å². The second kappa shape index (κ2) is 8.76. The summed E-state index contributed by atoms with van der Waals surface area (Å²) in [6, 6.07) is 3.35. The van der Waals surface area contributed by atoms with Crippen LogP contribution in [0, 0.1) is 11.6 Å². The number of H-pyrrole nitrogens is 1. The molecular formula is C23H24F2N6O2. The van der Waals surface area contributed by atoms with Crippen LogP contribution < -0.4 is 9.64 Å². The van der Waals surface area contributed by atoms with Crippen molar-refractivity contribution in [1.82, 2.24) is 24.8 Å². The van der Waals surface area contributed by atoms with E-state index in [9.17, 15) is 13.6 Å². The Morgan fingerprint density at radius 3 is 2.67 bits per heavy atom. The summed E-state index contributed by atoms with van der Waals surface area (Å²) >= 11 is 0. The molecule has 2 aliphatic rings. The van der Waals surface area contributed by atoms with Crippen LogP contribution in [-0.2, 0) is 17.8 Å². The highest BCUT2D eigenvalue weighted by molar-refractivity contribution is 5.74. The predicted molar refractivity (Wildman–Crippen MR) is 117 cm³/mol. The number of aromatic nitrogens is 4. The van der Waals surface area contributed by atoms with Crippen LogP contribution in [0.15, 0.2) is 30.6 Å². The number of rotatable bonds is 4. The van der Waals surface area contributed by atoms with Crippen molar-refractivity contribution in [3.63, 3.8) is 0 Å². The van der Waals surface area contributed by atoms with E-state index in [0.29, 0.717) is 57.0 Å². The van der Waals surface area contributed by atoms with Crippen LogP contribution in [0.3, 0.4) is 0 Å². The predicted octanol–water partition coefficient (Wildman–Crippen LogP) is 3.10. The van der Waals surface area contributed by atoms with Crippen molar-refractivity contribution in [2.24, 2.45) is 0 Å². The monoisotopic (exact) mass is 454 g/mol. The summed E-state index contributed by atoms with van der Waals surface area (Å²) in [5.41, 5.74) is 2.33. The lowest BCUT2D eigenvalue weighted by Gasteiger charge is -2.34. The first-order valence-corrected chi connectivity index (χ1v) is 11.0. The first kappa shape index (κ1) is 21.3. The third kappa shape index (κ3) is 4.37. The molecule has 0 atom stereocenters. The third-order valence-corrected chi connectivity index (χ3v) is 6.09. The van der Waals surface area contributed by atoms with Gasteiger partial charge in [-0.3, -0.25) is 4.79 Å². The number of hydrogen-bond donors (Lipinski definition) is 1. The van der Waals surface area contributed by atoms with Gasteiger partial charge in [-0.15, -0.1) is 0 Å². The van der Waals surface area contributed by atoms with E-state index in [2.05, 4.69) is 14.9 Å². The Bertz CT molecular complexity index is 1160. The standard InChI is InChI=1S/C23H24F2N6O2/c1-14(32)31-11-6-18-19(13-31)28-21(22-26-7-8-27-22)23(29-18)30-9-4-16(5-10-30)33-20-3-2-15(24)12-17(20)25/h2-3,7-8,12,16H,4-6,9-11,13H2,1H3,(H,26,27). The molecule has 1 N–H and O–H groups in total. The summed E-state index contributed by atoms with van der Waals surface area (Å²) in [5.74, 6) is 0.120. The van der Waals surface area contributed by atoms with Gasteiger partial charge in [-0.2, -0.15) is 0 Å². The molecule has 5 rings (SSSR count). The zero-order valence-electron chi connectivity index (χ0n) is 18.2. The molecule has 172 valence electrons. The Morgan fingerprint density at radius 1 is 1.15 bits per heavy atom. The molecule has 1 aromatic carbocycles. The number of nitrogens with one attached hydrogen (secondary N) is 1. The molecule has 2 aromatic heterocycles. The highest BCUT2D eigenvalue weighted by Gasteiger charge is 2.29. The summed E-state index contributed by atoms with van der Waals surface area (Å²) in [4.78, 5) is 33.0. The summed E-state index contributed by atoms with van der Waals surface area (Å²) in [5, 5.41) is 0. The highest BCUT2D eigenvalue weighted by atomic mass is 19.1. The fourth-order valence-electron chi connectivity index (χ4n) is 4.30. The number of fused-ring (bicyclic) bond motifs is 1. The molecule has 0 bridgehead atoms. The number of imidazole rings is 1. The fourth-order valence-corrected chi connectivity index (χ4v) is 4.30. The molecule has 4 heterocycles. The number of piperidine rings is 1. The van der Waals surface area contributed by atoms with Gasteiger partial charge in [0.1, 0.15) is 17.6 Å². The number of anilines is 1. The van der Waals surface area contributed by atoms with E-state index >= 15 is 0 Å². The number of aromatic amines is 1. The van der Waals surface area contributed by atoms with E-state index in [-0.39, 0.29) is 17.8 Å². The molecule has 0 radical (unpaired) electrons. The topological polar surface area (TPSA) is 87.2 Å². The smallest absolute Gasteiger partial charge is 0.219 e. The molecule has 0 spiro atoms. The van der Waals surface area contributed by atoms with E-state index in [1.54, 1.807) is 24.2 Å². The van der Waals surface area contributed by atoms with Crippen LogP contribution in [-0.4, -0.2) is 56.5 Å². The summed E-state index contributed by atoms with van der Waals surface area (Å²) in [6.07, 6.45) is 5.19. The van der Waals surface area contributed by atoms with Crippen molar-refractivity contribution in [2.45, 2.75) is 38.8 Å². The van der Waals surface area contributed by atoms with E-state index < -0.39 is 11.6 Å². The van der Waals surface area contributed by atoms with E-state index in [1.807, 2.05) is 0 Å². The Morgan fingerprint density at radius 2 is 1.97 bits per heavy atom. The van der Waals surface area contributed by atoms with Crippen molar-refractivity contribution in [1.29, 1.82) is 0 Å². The lowest BCUT2D eigenvalue weighted by atomic mass is 10.1. The van der Waals surface area contributed by atoms with Gasteiger partial charge in [-0.25, -0.2) is 23.7 Å².